The van der Waals surface area contributed by atoms with E-state index in [1.54, 1.807) is 6.07 Å². The number of nitrogens with zero attached hydrogens (tertiary/aromatic N) is 1. The molecule has 0 fully saturated rings. The highest BCUT2D eigenvalue weighted by Gasteiger charge is 2.10. The molecule has 1 amide bonds. The molecule has 0 radical (unpaired) electrons. The lowest BCUT2D eigenvalue weighted by atomic mass is 10.0. The number of nitrogens with one attached hydrogen (secondary N) is 1. The van der Waals surface area contributed by atoms with Crippen molar-refractivity contribution in [3.05, 3.63) is 64.2 Å². The van der Waals surface area contributed by atoms with Crippen molar-refractivity contribution in [2.75, 3.05) is 6.61 Å². The Morgan fingerprint density at radius 2 is 2.04 bits per heavy atom. The van der Waals surface area contributed by atoms with Gasteiger partial charge in [0.25, 0.3) is 5.91 Å². The van der Waals surface area contributed by atoms with Crippen molar-refractivity contribution < 1.29 is 9.53 Å². The Balaban J connectivity index is 1.92. The van der Waals surface area contributed by atoms with Gasteiger partial charge in [-0.1, -0.05) is 55.8 Å². The van der Waals surface area contributed by atoms with Crippen LogP contribution in [0.25, 0.3) is 0 Å². The van der Waals surface area contributed by atoms with Crippen LogP contribution in [0.5, 0.6) is 5.75 Å². The molecule has 126 valence electrons. The Bertz CT molecular complexity index is 742. The van der Waals surface area contributed by atoms with Gasteiger partial charge in [0.05, 0.1) is 6.21 Å². The number of halogens is 1. The zero-order valence-corrected chi connectivity index (χ0v) is 14.8. The highest BCUT2D eigenvalue weighted by molar-refractivity contribution is 6.33. The third kappa shape index (κ3) is 5.10. The number of hydrogen-bond donors (Lipinski definition) is 1. The summed E-state index contributed by atoms with van der Waals surface area (Å²) in [6.07, 6.45) is 1.51. The molecule has 0 aliphatic rings. The Labute approximate surface area is 147 Å². The molecular weight excluding hydrogens is 324 g/mol. The number of carbonyl (C=O) groups is 1. The summed E-state index contributed by atoms with van der Waals surface area (Å²) in [7, 11) is 0. The monoisotopic (exact) mass is 344 g/mol. The van der Waals surface area contributed by atoms with E-state index in [1.807, 2.05) is 43.3 Å². The quantitative estimate of drug-likeness (QED) is 0.627. The third-order valence-electron chi connectivity index (χ3n) is 3.45. The average Bonchev–Trinajstić information content (AvgIpc) is 2.54. The molecule has 0 aromatic heterocycles. The molecule has 0 unspecified atom stereocenters. The van der Waals surface area contributed by atoms with Crippen LogP contribution in [-0.4, -0.2) is 18.7 Å². The zero-order valence-electron chi connectivity index (χ0n) is 14.0. The summed E-state index contributed by atoms with van der Waals surface area (Å²) in [6, 6.07) is 13.3. The topological polar surface area (TPSA) is 50.7 Å². The Hall–Kier alpha value is -2.33. The van der Waals surface area contributed by atoms with Gasteiger partial charge in [-0.2, -0.15) is 5.10 Å². The number of rotatable bonds is 6. The minimum Gasteiger partial charge on any atom is -0.483 e. The van der Waals surface area contributed by atoms with Crippen molar-refractivity contribution in [2.24, 2.45) is 5.10 Å². The average molecular weight is 345 g/mol. The molecule has 4 nitrogen and oxygen atoms in total. The summed E-state index contributed by atoms with van der Waals surface area (Å²) in [5.41, 5.74) is 5.34. The van der Waals surface area contributed by atoms with E-state index < -0.39 is 0 Å². The van der Waals surface area contributed by atoms with Gasteiger partial charge in [-0.05, 0) is 36.1 Å². The van der Waals surface area contributed by atoms with Gasteiger partial charge < -0.3 is 4.74 Å². The fourth-order valence-corrected chi connectivity index (χ4v) is 2.36. The van der Waals surface area contributed by atoms with Crippen LogP contribution >= 0.6 is 11.6 Å². The first-order chi connectivity index (χ1) is 11.5. The maximum absolute atomic E-state index is 11.9. The molecule has 1 N–H and O–H groups in total. The minimum absolute atomic E-state index is 0.0942. The van der Waals surface area contributed by atoms with Crippen molar-refractivity contribution in [3.63, 3.8) is 0 Å². The van der Waals surface area contributed by atoms with E-state index in [9.17, 15) is 4.79 Å². The van der Waals surface area contributed by atoms with Gasteiger partial charge in [0, 0.05) is 10.6 Å². The highest BCUT2D eigenvalue weighted by atomic mass is 35.5. The van der Waals surface area contributed by atoms with E-state index in [0.29, 0.717) is 10.9 Å². The standard InChI is InChI=1S/C19H21ClN2O2/c1-13(2)16-9-8-14(3)10-18(16)24-12-19(23)22-21-11-15-6-4-5-7-17(15)20/h4-11,13H,12H2,1-3H3,(H,22,23)/b21-11-. The minimum atomic E-state index is -0.325. The van der Waals surface area contributed by atoms with Crippen LogP contribution in [0.15, 0.2) is 47.6 Å². The molecule has 5 heteroatoms. The molecule has 0 saturated heterocycles. The lowest BCUT2D eigenvalue weighted by molar-refractivity contribution is -0.123. The van der Waals surface area contributed by atoms with Crippen LogP contribution in [-0.2, 0) is 4.79 Å². The summed E-state index contributed by atoms with van der Waals surface area (Å²) in [6.45, 7) is 6.07. The van der Waals surface area contributed by atoms with Gasteiger partial charge >= 0.3 is 0 Å². The smallest absolute Gasteiger partial charge is 0.277 e. The van der Waals surface area contributed by atoms with Crippen LogP contribution in [0.1, 0.15) is 36.5 Å². The van der Waals surface area contributed by atoms with Gasteiger partial charge in [-0.25, -0.2) is 5.43 Å². The third-order valence-corrected chi connectivity index (χ3v) is 3.79. The number of amides is 1. The lowest BCUT2D eigenvalue weighted by Gasteiger charge is -2.14. The Morgan fingerprint density at radius 1 is 1.29 bits per heavy atom. The predicted molar refractivity (Wildman–Crippen MR) is 98.0 cm³/mol. The van der Waals surface area contributed by atoms with E-state index in [0.717, 1.165) is 22.4 Å². The lowest BCUT2D eigenvalue weighted by Crippen LogP contribution is -2.25. The molecule has 0 spiro atoms. The Morgan fingerprint density at radius 3 is 2.75 bits per heavy atom. The fourth-order valence-electron chi connectivity index (χ4n) is 2.17. The summed E-state index contributed by atoms with van der Waals surface area (Å²) in [4.78, 5) is 11.9. The van der Waals surface area contributed by atoms with Crippen molar-refractivity contribution in [3.8, 4) is 5.75 Å². The normalized spacial score (nSPS) is 11.0. The van der Waals surface area contributed by atoms with Crippen LogP contribution in [0.2, 0.25) is 5.02 Å². The molecule has 2 rings (SSSR count). The number of benzene rings is 2. The molecule has 2 aromatic rings. The van der Waals surface area contributed by atoms with Crippen molar-refractivity contribution in [1.82, 2.24) is 5.43 Å². The second-order valence-electron chi connectivity index (χ2n) is 5.80. The molecule has 0 aliphatic heterocycles. The second kappa shape index (κ2) is 8.50. The first kappa shape index (κ1) is 18.0. The maximum atomic E-state index is 11.9. The van der Waals surface area contributed by atoms with Gasteiger partial charge in [0.1, 0.15) is 5.75 Å². The van der Waals surface area contributed by atoms with Crippen molar-refractivity contribution in [1.29, 1.82) is 0 Å². The number of hydrazone groups is 1. The largest absolute Gasteiger partial charge is 0.483 e. The van der Waals surface area contributed by atoms with Gasteiger partial charge in [-0.15, -0.1) is 0 Å². The van der Waals surface area contributed by atoms with E-state index in [4.69, 9.17) is 16.3 Å². The van der Waals surface area contributed by atoms with E-state index in [-0.39, 0.29) is 12.5 Å². The molecule has 0 bridgehead atoms. The van der Waals surface area contributed by atoms with E-state index in [2.05, 4.69) is 24.4 Å². The van der Waals surface area contributed by atoms with E-state index in [1.165, 1.54) is 6.21 Å². The highest BCUT2D eigenvalue weighted by Crippen LogP contribution is 2.27. The first-order valence-corrected chi connectivity index (χ1v) is 8.15. The summed E-state index contributed by atoms with van der Waals surface area (Å²) < 4.78 is 5.66. The molecule has 2 aromatic carbocycles. The number of aryl methyl sites for hydroxylation is 1. The van der Waals surface area contributed by atoms with Gasteiger partial charge in [-0.3, -0.25) is 4.79 Å². The SMILES string of the molecule is Cc1ccc(C(C)C)c(OCC(=O)N/N=C\c2ccccc2Cl)c1. The van der Waals surface area contributed by atoms with Crippen LogP contribution in [0.4, 0.5) is 0 Å². The predicted octanol–water partition coefficient (Wildman–Crippen LogP) is 4.30. The molecule has 0 aliphatic carbocycles. The van der Waals surface area contributed by atoms with Crippen molar-refractivity contribution >= 4 is 23.7 Å². The van der Waals surface area contributed by atoms with Gasteiger partial charge in [0.2, 0.25) is 0 Å². The molecule has 0 saturated carbocycles. The molecule has 0 atom stereocenters. The number of carbonyl (C=O) groups excluding carboxylic acids is 1. The number of ether oxygens (including phenoxy) is 1. The van der Waals surface area contributed by atoms with E-state index >= 15 is 0 Å². The second-order valence-corrected chi connectivity index (χ2v) is 6.21. The summed E-state index contributed by atoms with van der Waals surface area (Å²) >= 11 is 6.01. The van der Waals surface area contributed by atoms with Crippen molar-refractivity contribution in [2.45, 2.75) is 26.7 Å². The summed E-state index contributed by atoms with van der Waals surface area (Å²) in [5, 5.41) is 4.48. The first-order valence-electron chi connectivity index (χ1n) is 7.77. The molecule has 0 heterocycles. The summed E-state index contributed by atoms with van der Waals surface area (Å²) in [5.74, 6) is 0.728. The van der Waals surface area contributed by atoms with Gasteiger partial charge in [0.15, 0.2) is 6.61 Å². The van der Waals surface area contributed by atoms with Crippen LogP contribution in [0.3, 0.4) is 0 Å². The fraction of sp³-hybridized carbons (Fsp3) is 0.263. The maximum Gasteiger partial charge on any atom is 0.277 e. The number of hydrogen-bond acceptors (Lipinski definition) is 3. The van der Waals surface area contributed by atoms with Crippen LogP contribution in [0, 0.1) is 6.92 Å². The van der Waals surface area contributed by atoms with Crippen LogP contribution < -0.4 is 10.2 Å². The molecule has 24 heavy (non-hydrogen) atoms. The Kier molecular flexibility index (Phi) is 6.38. The molecular formula is C19H21ClN2O2. The zero-order chi connectivity index (χ0) is 17.5.